The van der Waals surface area contributed by atoms with E-state index in [1.165, 1.54) is 5.56 Å². The minimum absolute atomic E-state index is 0.643. The highest BCUT2D eigenvalue weighted by molar-refractivity contribution is 9.10. The van der Waals surface area contributed by atoms with Crippen molar-refractivity contribution in [3.63, 3.8) is 0 Å². The number of rotatable bonds is 5. The van der Waals surface area contributed by atoms with E-state index < -0.39 is 0 Å². The Labute approximate surface area is 127 Å². The van der Waals surface area contributed by atoms with E-state index in [1.54, 1.807) is 0 Å². The number of hydrazine groups is 1. The Morgan fingerprint density at radius 2 is 1.90 bits per heavy atom. The van der Waals surface area contributed by atoms with Gasteiger partial charge in [-0.05, 0) is 31.7 Å². The lowest BCUT2D eigenvalue weighted by atomic mass is 10.2. The summed E-state index contributed by atoms with van der Waals surface area (Å²) in [4.78, 5) is 10.9. The van der Waals surface area contributed by atoms with Gasteiger partial charge in [-0.15, -0.1) is 0 Å². The Balaban J connectivity index is 2.02. The van der Waals surface area contributed by atoms with Crippen molar-refractivity contribution in [3.05, 3.63) is 51.9 Å². The first-order valence-corrected chi connectivity index (χ1v) is 7.10. The molecule has 1 aromatic heterocycles. The monoisotopic (exact) mass is 335 g/mol. The van der Waals surface area contributed by atoms with E-state index in [0.29, 0.717) is 12.4 Å². The van der Waals surface area contributed by atoms with Crippen molar-refractivity contribution in [2.45, 2.75) is 20.0 Å². The average Bonchev–Trinajstić information content (AvgIpc) is 2.40. The second kappa shape index (κ2) is 6.78. The molecule has 1 heterocycles. The summed E-state index contributed by atoms with van der Waals surface area (Å²) in [6.45, 7) is 3.45. The number of nitrogen functional groups attached to an aromatic ring is 1. The number of aryl methyl sites for hydroxylation is 1. The van der Waals surface area contributed by atoms with Crippen molar-refractivity contribution in [1.29, 1.82) is 0 Å². The molecule has 0 aliphatic carbocycles. The molecule has 0 atom stereocenters. The highest BCUT2D eigenvalue weighted by Gasteiger charge is 2.06. The zero-order chi connectivity index (χ0) is 14.5. The number of anilines is 1. The standard InChI is InChI=1S/C14H18BrN5/c1-10-7-13(19-16)18-14(17-10)9-20(2)8-11-3-5-12(15)6-4-11/h3-7H,8-9,16H2,1-2H3,(H,17,18,19). The van der Waals surface area contributed by atoms with Crippen molar-refractivity contribution in [3.8, 4) is 0 Å². The fraction of sp³-hybridized carbons (Fsp3) is 0.286. The average molecular weight is 336 g/mol. The Hall–Kier alpha value is -1.50. The molecule has 0 aliphatic rings. The molecule has 0 aliphatic heterocycles. The van der Waals surface area contributed by atoms with E-state index in [1.807, 2.05) is 32.2 Å². The zero-order valence-electron chi connectivity index (χ0n) is 11.6. The number of benzene rings is 1. The molecule has 2 rings (SSSR count). The van der Waals surface area contributed by atoms with Crippen molar-refractivity contribution < 1.29 is 0 Å². The van der Waals surface area contributed by atoms with Gasteiger partial charge in [0.2, 0.25) is 0 Å². The number of nitrogens with two attached hydrogens (primary N) is 1. The maximum Gasteiger partial charge on any atom is 0.145 e. The highest BCUT2D eigenvalue weighted by Crippen LogP contribution is 2.13. The molecule has 0 saturated carbocycles. The Morgan fingerprint density at radius 1 is 1.20 bits per heavy atom. The smallest absolute Gasteiger partial charge is 0.145 e. The maximum absolute atomic E-state index is 5.40. The summed E-state index contributed by atoms with van der Waals surface area (Å²) in [6.07, 6.45) is 0. The van der Waals surface area contributed by atoms with Crippen molar-refractivity contribution in [2.75, 3.05) is 12.5 Å². The van der Waals surface area contributed by atoms with Crippen LogP contribution in [0.3, 0.4) is 0 Å². The van der Waals surface area contributed by atoms with Gasteiger partial charge in [-0.25, -0.2) is 15.8 Å². The van der Waals surface area contributed by atoms with Gasteiger partial charge in [-0.3, -0.25) is 4.90 Å². The van der Waals surface area contributed by atoms with Gasteiger partial charge in [0, 0.05) is 22.8 Å². The van der Waals surface area contributed by atoms with Gasteiger partial charge in [-0.1, -0.05) is 28.1 Å². The number of hydrogen-bond donors (Lipinski definition) is 2. The molecule has 0 spiro atoms. The summed E-state index contributed by atoms with van der Waals surface area (Å²) in [5, 5.41) is 0. The third-order valence-corrected chi connectivity index (χ3v) is 3.35. The number of nitrogens with one attached hydrogen (secondary N) is 1. The molecule has 3 N–H and O–H groups in total. The Kier molecular flexibility index (Phi) is 5.05. The summed E-state index contributed by atoms with van der Waals surface area (Å²) in [6, 6.07) is 10.1. The maximum atomic E-state index is 5.40. The number of hydrogen-bond acceptors (Lipinski definition) is 5. The van der Waals surface area contributed by atoms with Gasteiger partial charge in [-0.2, -0.15) is 0 Å². The molecule has 106 valence electrons. The fourth-order valence-electron chi connectivity index (χ4n) is 1.97. The van der Waals surface area contributed by atoms with Crippen LogP contribution in [0.2, 0.25) is 0 Å². The van der Waals surface area contributed by atoms with Crippen molar-refractivity contribution in [1.82, 2.24) is 14.9 Å². The Morgan fingerprint density at radius 3 is 2.55 bits per heavy atom. The highest BCUT2D eigenvalue weighted by atomic mass is 79.9. The minimum Gasteiger partial charge on any atom is -0.308 e. The molecule has 0 fully saturated rings. The predicted molar refractivity (Wildman–Crippen MR) is 83.9 cm³/mol. The van der Waals surface area contributed by atoms with E-state index in [-0.39, 0.29) is 0 Å². The number of halogens is 1. The first-order chi connectivity index (χ1) is 9.56. The molecule has 1 aromatic carbocycles. The molecule has 2 aromatic rings. The zero-order valence-corrected chi connectivity index (χ0v) is 13.2. The van der Waals surface area contributed by atoms with E-state index in [4.69, 9.17) is 5.84 Å². The summed E-state index contributed by atoms with van der Waals surface area (Å²) >= 11 is 3.44. The number of aromatic nitrogens is 2. The molecule has 0 radical (unpaired) electrons. The Bertz CT molecular complexity index is 570. The molecule has 6 heteroatoms. The molecular formula is C14H18BrN5. The van der Waals surface area contributed by atoms with Gasteiger partial charge in [0.25, 0.3) is 0 Å². The summed E-state index contributed by atoms with van der Waals surface area (Å²) < 4.78 is 1.09. The third-order valence-electron chi connectivity index (χ3n) is 2.83. The van der Waals surface area contributed by atoms with Crippen LogP contribution in [0.15, 0.2) is 34.8 Å². The molecule has 0 saturated heterocycles. The topological polar surface area (TPSA) is 67.1 Å². The summed E-state index contributed by atoms with van der Waals surface area (Å²) in [5.41, 5.74) is 4.72. The lowest BCUT2D eigenvalue weighted by Gasteiger charge is -2.16. The summed E-state index contributed by atoms with van der Waals surface area (Å²) in [7, 11) is 2.04. The first-order valence-electron chi connectivity index (χ1n) is 6.31. The quantitative estimate of drug-likeness (QED) is 0.649. The molecule has 5 nitrogen and oxygen atoms in total. The molecule has 0 unspecified atom stereocenters. The van der Waals surface area contributed by atoms with Gasteiger partial charge in [0.05, 0.1) is 6.54 Å². The lowest BCUT2D eigenvalue weighted by Crippen LogP contribution is -2.20. The van der Waals surface area contributed by atoms with Gasteiger partial charge in [0.15, 0.2) is 0 Å². The largest absolute Gasteiger partial charge is 0.308 e. The molecular weight excluding hydrogens is 318 g/mol. The van der Waals surface area contributed by atoms with Gasteiger partial charge < -0.3 is 5.43 Å². The van der Waals surface area contributed by atoms with Crippen LogP contribution in [-0.4, -0.2) is 21.9 Å². The van der Waals surface area contributed by atoms with Crippen LogP contribution < -0.4 is 11.3 Å². The fourth-order valence-corrected chi connectivity index (χ4v) is 2.24. The normalized spacial score (nSPS) is 10.8. The van der Waals surface area contributed by atoms with Crippen molar-refractivity contribution in [2.24, 2.45) is 5.84 Å². The van der Waals surface area contributed by atoms with E-state index in [9.17, 15) is 0 Å². The first kappa shape index (κ1) is 14.9. The van der Waals surface area contributed by atoms with Crippen LogP contribution >= 0.6 is 15.9 Å². The van der Waals surface area contributed by atoms with Crippen molar-refractivity contribution >= 4 is 21.7 Å². The second-order valence-electron chi connectivity index (χ2n) is 4.75. The van der Waals surface area contributed by atoms with Crippen LogP contribution in [0.5, 0.6) is 0 Å². The van der Waals surface area contributed by atoms with Crippen LogP contribution in [0, 0.1) is 6.92 Å². The van der Waals surface area contributed by atoms with Gasteiger partial charge >= 0.3 is 0 Å². The van der Waals surface area contributed by atoms with Crippen LogP contribution in [0.4, 0.5) is 5.82 Å². The van der Waals surface area contributed by atoms with E-state index >= 15 is 0 Å². The molecule has 0 amide bonds. The van der Waals surface area contributed by atoms with E-state index in [2.05, 4.69) is 48.4 Å². The second-order valence-corrected chi connectivity index (χ2v) is 5.67. The van der Waals surface area contributed by atoms with Gasteiger partial charge in [0.1, 0.15) is 11.6 Å². The van der Waals surface area contributed by atoms with Crippen LogP contribution in [0.1, 0.15) is 17.1 Å². The SMILES string of the molecule is Cc1cc(NN)nc(CN(C)Cc2ccc(Br)cc2)n1. The van der Waals surface area contributed by atoms with E-state index in [0.717, 1.165) is 22.5 Å². The molecule has 0 bridgehead atoms. The predicted octanol–water partition coefficient (Wildman–Crippen LogP) is 2.47. The van der Waals surface area contributed by atoms with Crippen LogP contribution in [0.25, 0.3) is 0 Å². The summed E-state index contributed by atoms with van der Waals surface area (Å²) in [5.74, 6) is 6.80. The lowest BCUT2D eigenvalue weighted by molar-refractivity contribution is 0.310. The number of nitrogens with zero attached hydrogens (tertiary/aromatic N) is 3. The third kappa shape index (κ3) is 4.26. The molecule has 20 heavy (non-hydrogen) atoms. The van der Waals surface area contributed by atoms with Crippen LogP contribution in [-0.2, 0) is 13.1 Å². The minimum atomic E-state index is 0.643.